The fraction of sp³-hybridized carbons (Fsp3) is 0.261. The number of rotatable bonds is 1. The number of fused-ring (bicyclic) bond motifs is 3. The van der Waals surface area contributed by atoms with Gasteiger partial charge in [-0.1, -0.05) is 67.9 Å². The van der Waals surface area contributed by atoms with Crippen LogP contribution in [0.1, 0.15) is 30.5 Å². The van der Waals surface area contributed by atoms with Crippen LogP contribution in [0.25, 0.3) is 10.8 Å². The van der Waals surface area contributed by atoms with Crippen molar-refractivity contribution in [3.8, 4) is 0 Å². The minimum atomic E-state index is -3.64. The average molecular weight is 391 g/mol. The molecule has 4 nitrogen and oxygen atoms in total. The summed E-state index contributed by atoms with van der Waals surface area (Å²) in [6.45, 7) is 6.19. The third kappa shape index (κ3) is 2.35. The molecule has 0 bridgehead atoms. The van der Waals surface area contributed by atoms with Crippen LogP contribution in [-0.2, 0) is 16.4 Å². The van der Waals surface area contributed by atoms with Crippen molar-refractivity contribution in [1.29, 1.82) is 0 Å². The van der Waals surface area contributed by atoms with Crippen molar-refractivity contribution < 1.29 is 8.42 Å². The summed E-state index contributed by atoms with van der Waals surface area (Å²) in [6, 6.07) is 19.8. The van der Waals surface area contributed by atoms with Gasteiger partial charge in [0, 0.05) is 5.41 Å². The van der Waals surface area contributed by atoms with Crippen LogP contribution in [0.3, 0.4) is 0 Å². The summed E-state index contributed by atoms with van der Waals surface area (Å²) < 4.78 is 27.9. The third-order valence-electron chi connectivity index (χ3n) is 6.08. The van der Waals surface area contributed by atoms with E-state index < -0.39 is 15.4 Å². The first-order valence-electron chi connectivity index (χ1n) is 9.51. The third-order valence-corrected chi connectivity index (χ3v) is 7.87. The normalized spacial score (nSPS) is 21.9. The number of aryl methyl sites for hydroxylation is 1. The molecule has 2 aliphatic heterocycles. The quantitative estimate of drug-likeness (QED) is 0.614. The predicted octanol–water partition coefficient (Wildman–Crippen LogP) is 4.51. The van der Waals surface area contributed by atoms with E-state index in [1.165, 1.54) is 4.41 Å². The van der Waals surface area contributed by atoms with Crippen molar-refractivity contribution in [3.63, 3.8) is 0 Å². The van der Waals surface area contributed by atoms with Gasteiger partial charge in [0.05, 0.1) is 16.6 Å². The monoisotopic (exact) mass is 390 g/mol. The zero-order chi connectivity index (χ0) is 19.7. The first-order chi connectivity index (χ1) is 13.3. The molecular formula is C23H22N2O2S. The number of hydrogen-bond donors (Lipinski definition) is 0. The average Bonchev–Trinajstić information content (AvgIpc) is 2.93. The largest absolute Gasteiger partial charge is 0.279 e. The molecule has 0 aliphatic carbocycles. The SMILES string of the molecule is Cc1ccc2c(c1)C[C@@H]1N(N=C(c3ccc4ccccc4c3)C1(C)C)S2(=O)=O. The molecule has 1 atom stereocenters. The molecule has 0 saturated carbocycles. The maximum absolute atomic E-state index is 13.3. The van der Waals surface area contributed by atoms with Gasteiger partial charge < -0.3 is 0 Å². The fourth-order valence-electron chi connectivity index (χ4n) is 4.48. The Morgan fingerprint density at radius 1 is 1.00 bits per heavy atom. The van der Waals surface area contributed by atoms with E-state index in [0.29, 0.717) is 11.3 Å². The lowest BCUT2D eigenvalue weighted by Gasteiger charge is -2.36. The standard InChI is InChI=1S/C23H22N2O2S/c1-15-8-11-20-19(12-15)14-21-23(2,3)22(24-25(21)28(20,26)27)18-10-9-16-6-4-5-7-17(16)13-18/h4-13,21H,14H2,1-3H3/t21-/m0/s1. The summed E-state index contributed by atoms with van der Waals surface area (Å²) in [5, 5.41) is 6.97. The van der Waals surface area contributed by atoms with Gasteiger partial charge in [-0.15, -0.1) is 0 Å². The smallest absolute Gasteiger partial charge is 0.200 e. The first kappa shape index (κ1) is 17.4. The van der Waals surface area contributed by atoms with E-state index in [-0.39, 0.29) is 6.04 Å². The maximum Gasteiger partial charge on any atom is 0.279 e. The number of hydrazone groups is 1. The predicted molar refractivity (Wildman–Crippen MR) is 112 cm³/mol. The molecule has 0 unspecified atom stereocenters. The van der Waals surface area contributed by atoms with Gasteiger partial charge >= 0.3 is 0 Å². The maximum atomic E-state index is 13.3. The van der Waals surface area contributed by atoms with Crippen LogP contribution in [-0.4, -0.2) is 24.6 Å². The Kier molecular flexibility index (Phi) is 3.53. The van der Waals surface area contributed by atoms with Crippen molar-refractivity contribution >= 4 is 26.5 Å². The molecule has 3 aromatic carbocycles. The first-order valence-corrected chi connectivity index (χ1v) is 10.9. The second kappa shape index (κ2) is 5.67. The second-order valence-corrected chi connectivity index (χ2v) is 10.1. The van der Waals surface area contributed by atoms with Gasteiger partial charge in [0.2, 0.25) is 0 Å². The lowest BCUT2D eigenvalue weighted by atomic mass is 9.76. The molecule has 0 spiro atoms. The van der Waals surface area contributed by atoms with Crippen molar-refractivity contribution in [2.45, 2.75) is 38.1 Å². The van der Waals surface area contributed by atoms with E-state index in [9.17, 15) is 8.42 Å². The summed E-state index contributed by atoms with van der Waals surface area (Å²) in [6.07, 6.45) is 0.670. The summed E-state index contributed by atoms with van der Waals surface area (Å²) in [5.41, 5.74) is 3.39. The van der Waals surface area contributed by atoms with E-state index in [4.69, 9.17) is 0 Å². The van der Waals surface area contributed by atoms with Gasteiger partial charge in [0.15, 0.2) is 0 Å². The Hall–Kier alpha value is -2.66. The second-order valence-electron chi connectivity index (χ2n) is 8.34. The van der Waals surface area contributed by atoms with Gasteiger partial charge in [-0.3, -0.25) is 0 Å². The molecule has 2 aliphatic rings. The van der Waals surface area contributed by atoms with Gasteiger partial charge in [0.25, 0.3) is 10.0 Å². The van der Waals surface area contributed by atoms with Crippen LogP contribution >= 0.6 is 0 Å². The van der Waals surface area contributed by atoms with Gasteiger partial charge in [-0.05, 0) is 47.4 Å². The van der Waals surface area contributed by atoms with E-state index >= 15 is 0 Å². The molecule has 0 saturated heterocycles. The number of sulfonamides is 1. The molecule has 5 rings (SSSR count). The van der Waals surface area contributed by atoms with Crippen LogP contribution in [0, 0.1) is 12.3 Å². The Morgan fingerprint density at radius 2 is 1.75 bits per heavy atom. The molecule has 5 heteroatoms. The molecule has 0 fully saturated rings. The number of benzene rings is 3. The fourth-order valence-corrected chi connectivity index (χ4v) is 6.26. The highest BCUT2D eigenvalue weighted by atomic mass is 32.2. The molecule has 0 radical (unpaired) electrons. The number of hydrogen-bond acceptors (Lipinski definition) is 3. The molecule has 3 aromatic rings. The molecular weight excluding hydrogens is 368 g/mol. The van der Waals surface area contributed by atoms with Crippen molar-refractivity contribution in [1.82, 2.24) is 4.41 Å². The van der Waals surface area contributed by atoms with E-state index in [1.807, 2.05) is 37.3 Å². The summed E-state index contributed by atoms with van der Waals surface area (Å²) in [5.74, 6) is 0. The van der Waals surface area contributed by atoms with E-state index in [1.54, 1.807) is 6.07 Å². The molecule has 0 aromatic heterocycles. The lowest BCUT2D eigenvalue weighted by Crippen LogP contribution is -2.47. The van der Waals surface area contributed by atoms with Gasteiger partial charge in [-0.2, -0.15) is 17.9 Å². The highest BCUT2D eigenvalue weighted by Gasteiger charge is 2.52. The zero-order valence-corrected chi connectivity index (χ0v) is 17.0. The van der Waals surface area contributed by atoms with Crippen molar-refractivity contribution in [2.75, 3.05) is 0 Å². The molecule has 0 amide bonds. The highest BCUT2D eigenvalue weighted by Crippen LogP contribution is 2.45. The van der Waals surface area contributed by atoms with Crippen LogP contribution in [0.5, 0.6) is 0 Å². The zero-order valence-electron chi connectivity index (χ0n) is 16.2. The summed E-state index contributed by atoms with van der Waals surface area (Å²) in [7, 11) is -3.64. The molecule has 2 heterocycles. The Bertz CT molecular complexity index is 1260. The van der Waals surface area contributed by atoms with E-state index in [2.05, 4.69) is 43.2 Å². The van der Waals surface area contributed by atoms with Crippen molar-refractivity contribution in [3.05, 3.63) is 77.4 Å². The Labute approximate surface area is 165 Å². The topological polar surface area (TPSA) is 49.7 Å². The van der Waals surface area contributed by atoms with Crippen molar-refractivity contribution in [2.24, 2.45) is 10.5 Å². The van der Waals surface area contributed by atoms with Gasteiger partial charge in [-0.25, -0.2) is 0 Å². The summed E-state index contributed by atoms with van der Waals surface area (Å²) >= 11 is 0. The minimum absolute atomic E-state index is 0.215. The summed E-state index contributed by atoms with van der Waals surface area (Å²) in [4.78, 5) is 0.383. The van der Waals surface area contributed by atoms with Crippen LogP contribution < -0.4 is 0 Å². The Morgan fingerprint density at radius 3 is 2.54 bits per heavy atom. The van der Waals surface area contributed by atoms with Crippen LogP contribution in [0.15, 0.2) is 70.7 Å². The molecule has 142 valence electrons. The minimum Gasteiger partial charge on any atom is -0.200 e. The van der Waals surface area contributed by atoms with Gasteiger partial charge in [0.1, 0.15) is 0 Å². The van der Waals surface area contributed by atoms with E-state index in [0.717, 1.165) is 33.2 Å². The molecule has 28 heavy (non-hydrogen) atoms. The van der Waals surface area contributed by atoms with Crippen LogP contribution in [0.2, 0.25) is 0 Å². The Balaban J connectivity index is 1.67. The highest BCUT2D eigenvalue weighted by molar-refractivity contribution is 7.89. The lowest BCUT2D eigenvalue weighted by molar-refractivity contribution is 0.250. The van der Waals surface area contributed by atoms with Crippen LogP contribution in [0.4, 0.5) is 0 Å². The number of nitrogens with zero attached hydrogens (tertiary/aromatic N) is 2. The molecule has 0 N–H and O–H groups in total.